The van der Waals surface area contributed by atoms with Crippen molar-refractivity contribution in [2.75, 3.05) is 24.5 Å². The van der Waals surface area contributed by atoms with Crippen LogP contribution in [0, 0.1) is 11.8 Å². The van der Waals surface area contributed by atoms with Gasteiger partial charge in [0.05, 0.1) is 0 Å². The van der Waals surface area contributed by atoms with Gasteiger partial charge < -0.3 is 20.3 Å². The van der Waals surface area contributed by atoms with Crippen molar-refractivity contribution in [3.8, 4) is 0 Å². The van der Waals surface area contributed by atoms with Gasteiger partial charge in [-0.15, -0.1) is 0 Å². The van der Waals surface area contributed by atoms with Gasteiger partial charge in [0.2, 0.25) is 5.91 Å². The summed E-state index contributed by atoms with van der Waals surface area (Å²) in [7, 11) is 0. The number of amides is 2. The van der Waals surface area contributed by atoms with Crippen LogP contribution in [0.3, 0.4) is 0 Å². The standard InChI is InChI=1S/C25H33N3O3/c1-3-19(2)23(27-25(30)31-18-20-10-6-4-7-11-20)24(29)26-16-21-14-15-28(17-21)22-12-8-5-9-13-22/h4-13,19,21,23H,3,14-18H2,1-2H3,(H,26,29)(H,27,30)/t19-,21?,23-/m0/s1. The van der Waals surface area contributed by atoms with Crippen LogP contribution in [0.5, 0.6) is 0 Å². The molecule has 1 unspecified atom stereocenters. The molecule has 1 heterocycles. The number of carbonyl (C=O) groups is 2. The van der Waals surface area contributed by atoms with Crippen LogP contribution in [0.2, 0.25) is 0 Å². The molecule has 0 aromatic heterocycles. The largest absolute Gasteiger partial charge is 0.445 e. The van der Waals surface area contributed by atoms with E-state index in [1.807, 2.05) is 62.4 Å². The molecule has 0 saturated carbocycles. The zero-order chi connectivity index (χ0) is 22.1. The summed E-state index contributed by atoms with van der Waals surface area (Å²) in [6.07, 6.45) is 1.25. The third kappa shape index (κ3) is 6.74. The molecule has 2 amide bonds. The fraction of sp³-hybridized carbons (Fsp3) is 0.440. The number of anilines is 1. The number of hydrogen-bond donors (Lipinski definition) is 2. The first kappa shape index (κ1) is 22.7. The molecule has 166 valence electrons. The topological polar surface area (TPSA) is 70.7 Å². The van der Waals surface area contributed by atoms with Crippen LogP contribution < -0.4 is 15.5 Å². The lowest BCUT2D eigenvalue weighted by atomic mass is 9.98. The zero-order valence-corrected chi connectivity index (χ0v) is 18.4. The number of nitrogens with zero attached hydrogens (tertiary/aromatic N) is 1. The maximum absolute atomic E-state index is 12.9. The molecule has 0 radical (unpaired) electrons. The van der Waals surface area contributed by atoms with Gasteiger partial charge in [0, 0.05) is 25.3 Å². The van der Waals surface area contributed by atoms with Gasteiger partial charge in [-0.2, -0.15) is 0 Å². The summed E-state index contributed by atoms with van der Waals surface area (Å²) in [5, 5.41) is 5.82. The molecule has 2 aromatic rings. The molecule has 31 heavy (non-hydrogen) atoms. The number of hydrogen-bond acceptors (Lipinski definition) is 4. The number of rotatable bonds is 9. The Balaban J connectivity index is 1.47. The molecule has 3 rings (SSSR count). The van der Waals surface area contributed by atoms with Crippen LogP contribution in [0.4, 0.5) is 10.5 Å². The fourth-order valence-corrected chi connectivity index (χ4v) is 3.82. The van der Waals surface area contributed by atoms with Gasteiger partial charge in [-0.1, -0.05) is 68.8 Å². The smallest absolute Gasteiger partial charge is 0.408 e. The molecular weight excluding hydrogens is 390 g/mol. The van der Waals surface area contributed by atoms with E-state index < -0.39 is 12.1 Å². The summed E-state index contributed by atoms with van der Waals surface area (Å²) in [5.74, 6) is 0.254. The second kappa shape index (κ2) is 11.4. The molecule has 0 aliphatic carbocycles. The van der Waals surface area contributed by atoms with E-state index in [1.165, 1.54) is 5.69 Å². The van der Waals surface area contributed by atoms with Crippen LogP contribution in [0.25, 0.3) is 0 Å². The minimum absolute atomic E-state index is 0.00803. The second-order valence-electron chi connectivity index (χ2n) is 8.25. The Kier molecular flexibility index (Phi) is 8.33. The average Bonchev–Trinajstić information content (AvgIpc) is 3.29. The van der Waals surface area contributed by atoms with E-state index in [0.29, 0.717) is 12.5 Å². The summed E-state index contributed by atoms with van der Waals surface area (Å²) in [6.45, 7) is 6.67. The maximum Gasteiger partial charge on any atom is 0.408 e. The van der Waals surface area contributed by atoms with Crippen LogP contribution in [0.15, 0.2) is 60.7 Å². The third-order valence-corrected chi connectivity index (χ3v) is 5.95. The Hall–Kier alpha value is -3.02. The van der Waals surface area contributed by atoms with E-state index in [1.54, 1.807) is 0 Å². The highest BCUT2D eigenvalue weighted by atomic mass is 16.5. The normalized spacial score (nSPS) is 17.6. The predicted molar refractivity (Wildman–Crippen MR) is 123 cm³/mol. The molecule has 1 aliphatic rings. The van der Waals surface area contributed by atoms with Crippen molar-refractivity contribution in [2.45, 2.75) is 39.3 Å². The minimum Gasteiger partial charge on any atom is -0.445 e. The lowest BCUT2D eigenvalue weighted by Gasteiger charge is -2.24. The van der Waals surface area contributed by atoms with Gasteiger partial charge in [-0.3, -0.25) is 4.79 Å². The van der Waals surface area contributed by atoms with E-state index in [0.717, 1.165) is 31.5 Å². The number of carbonyl (C=O) groups excluding carboxylic acids is 2. The number of benzene rings is 2. The van der Waals surface area contributed by atoms with Crippen molar-refractivity contribution in [1.29, 1.82) is 0 Å². The average molecular weight is 424 g/mol. The fourth-order valence-electron chi connectivity index (χ4n) is 3.82. The monoisotopic (exact) mass is 423 g/mol. The van der Waals surface area contributed by atoms with E-state index in [-0.39, 0.29) is 18.4 Å². The van der Waals surface area contributed by atoms with E-state index in [9.17, 15) is 9.59 Å². The highest BCUT2D eigenvalue weighted by molar-refractivity contribution is 5.85. The summed E-state index contributed by atoms with van der Waals surface area (Å²) in [6, 6.07) is 19.2. The highest BCUT2D eigenvalue weighted by Crippen LogP contribution is 2.23. The Bertz CT molecular complexity index is 828. The van der Waals surface area contributed by atoms with Gasteiger partial charge in [0.15, 0.2) is 0 Å². The third-order valence-electron chi connectivity index (χ3n) is 5.95. The molecule has 1 fully saturated rings. The Morgan fingerprint density at radius 1 is 1.10 bits per heavy atom. The van der Waals surface area contributed by atoms with Crippen molar-refractivity contribution in [1.82, 2.24) is 10.6 Å². The summed E-state index contributed by atoms with van der Waals surface area (Å²) >= 11 is 0. The first-order valence-corrected chi connectivity index (χ1v) is 11.1. The predicted octanol–water partition coefficient (Wildman–Crippen LogP) is 3.97. The maximum atomic E-state index is 12.9. The van der Waals surface area contributed by atoms with Crippen molar-refractivity contribution in [3.05, 3.63) is 66.2 Å². The van der Waals surface area contributed by atoms with E-state index >= 15 is 0 Å². The summed E-state index contributed by atoms with van der Waals surface area (Å²) in [4.78, 5) is 27.5. The first-order chi connectivity index (χ1) is 15.1. The first-order valence-electron chi connectivity index (χ1n) is 11.1. The zero-order valence-electron chi connectivity index (χ0n) is 18.4. The number of alkyl carbamates (subject to hydrolysis) is 1. The second-order valence-corrected chi connectivity index (χ2v) is 8.25. The molecule has 6 nitrogen and oxygen atoms in total. The van der Waals surface area contributed by atoms with Gasteiger partial charge in [0.1, 0.15) is 12.6 Å². The molecule has 0 bridgehead atoms. The number of nitrogens with one attached hydrogen (secondary N) is 2. The quantitative estimate of drug-likeness (QED) is 0.640. The van der Waals surface area contributed by atoms with Gasteiger partial charge >= 0.3 is 6.09 Å². The Morgan fingerprint density at radius 2 is 1.77 bits per heavy atom. The Morgan fingerprint density at radius 3 is 2.45 bits per heavy atom. The minimum atomic E-state index is -0.611. The van der Waals surface area contributed by atoms with Crippen LogP contribution in [-0.2, 0) is 16.1 Å². The molecule has 1 saturated heterocycles. The Labute approximate surface area is 185 Å². The van der Waals surface area contributed by atoms with Gasteiger partial charge in [-0.25, -0.2) is 4.79 Å². The molecule has 6 heteroatoms. The van der Waals surface area contributed by atoms with Crippen LogP contribution >= 0.6 is 0 Å². The lowest BCUT2D eigenvalue weighted by Crippen LogP contribution is -2.51. The lowest BCUT2D eigenvalue weighted by molar-refractivity contribution is -0.124. The van der Waals surface area contributed by atoms with Crippen LogP contribution in [0.1, 0.15) is 32.3 Å². The van der Waals surface area contributed by atoms with Crippen molar-refractivity contribution in [2.24, 2.45) is 11.8 Å². The molecule has 3 atom stereocenters. The number of ether oxygens (including phenoxy) is 1. The van der Waals surface area contributed by atoms with Crippen molar-refractivity contribution >= 4 is 17.7 Å². The molecule has 2 aromatic carbocycles. The molecule has 2 N–H and O–H groups in total. The molecular formula is C25H33N3O3. The van der Waals surface area contributed by atoms with E-state index in [4.69, 9.17) is 4.74 Å². The molecule has 1 aliphatic heterocycles. The van der Waals surface area contributed by atoms with Crippen molar-refractivity contribution < 1.29 is 14.3 Å². The SMILES string of the molecule is CC[C@H](C)[C@H](NC(=O)OCc1ccccc1)C(=O)NCC1CCN(c2ccccc2)C1. The molecule has 0 spiro atoms. The van der Waals surface area contributed by atoms with Crippen LogP contribution in [-0.4, -0.2) is 37.7 Å². The highest BCUT2D eigenvalue weighted by Gasteiger charge is 2.28. The van der Waals surface area contributed by atoms with Crippen molar-refractivity contribution in [3.63, 3.8) is 0 Å². The summed E-state index contributed by atoms with van der Waals surface area (Å²) < 4.78 is 5.31. The van der Waals surface area contributed by atoms with Gasteiger partial charge in [-0.05, 0) is 36.0 Å². The summed E-state index contributed by atoms with van der Waals surface area (Å²) in [5.41, 5.74) is 2.13. The van der Waals surface area contributed by atoms with E-state index in [2.05, 4.69) is 27.7 Å². The van der Waals surface area contributed by atoms with Gasteiger partial charge in [0.25, 0.3) is 0 Å². The number of para-hydroxylation sites is 1.